The van der Waals surface area contributed by atoms with Gasteiger partial charge in [0.2, 0.25) is 0 Å². The van der Waals surface area contributed by atoms with E-state index in [2.05, 4.69) is 10.3 Å². The Balaban J connectivity index is 2.13. The molecule has 0 aliphatic rings. The molecular weight excluding hydrogens is 336 g/mol. The van der Waals surface area contributed by atoms with E-state index in [4.69, 9.17) is 9.47 Å². The molecule has 7 heteroatoms. The number of rotatable bonds is 4. The fourth-order valence-corrected chi connectivity index (χ4v) is 2.71. The van der Waals surface area contributed by atoms with Crippen LogP contribution >= 0.6 is 0 Å². The summed E-state index contributed by atoms with van der Waals surface area (Å²) >= 11 is 0. The summed E-state index contributed by atoms with van der Waals surface area (Å²) in [6.45, 7) is 1.83. The Hall–Kier alpha value is -3.48. The maximum absolute atomic E-state index is 12.6. The van der Waals surface area contributed by atoms with Crippen molar-refractivity contribution in [1.29, 1.82) is 0 Å². The van der Waals surface area contributed by atoms with Gasteiger partial charge in [-0.05, 0) is 24.6 Å². The van der Waals surface area contributed by atoms with Gasteiger partial charge in [-0.3, -0.25) is 9.59 Å². The van der Waals surface area contributed by atoms with E-state index in [9.17, 15) is 14.7 Å². The zero-order valence-electron chi connectivity index (χ0n) is 14.5. The number of hydrogen-bond acceptors (Lipinski definition) is 5. The molecule has 2 aromatic carbocycles. The molecule has 134 valence electrons. The number of benzene rings is 2. The van der Waals surface area contributed by atoms with Gasteiger partial charge >= 0.3 is 0 Å². The molecule has 0 saturated carbocycles. The van der Waals surface area contributed by atoms with E-state index in [1.165, 1.54) is 26.4 Å². The zero-order chi connectivity index (χ0) is 18.8. The van der Waals surface area contributed by atoms with Crippen molar-refractivity contribution < 1.29 is 19.4 Å². The Morgan fingerprint density at radius 3 is 2.42 bits per heavy atom. The van der Waals surface area contributed by atoms with Crippen LogP contribution in [0.5, 0.6) is 17.2 Å². The standard InChI is InChI=1S/C19H18N2O5/c1-10-6-4-5-7-12(10)20-18(23)16-17(22)11-8-14(25-2)15(26-3)9-13(11)21-19(16)24/h4-9H,1-3H3,(H,20,23)(H2,21,22,24). The highest BCUT2D eigenvalue weighted by Gasteiger charge is 2.21. The quantitative estimate of drug-likeness (QED) is 0.669. The Morgan fingerprint density at radius 2 is 1.77 bits per heavy atom. The molecule has 1 amide bonds. The van der Waals surface area contributed by atoms with Gasteiger partial charge in [0.25, 0.3) is 11.5 Å². The van der Waals surface area contributed by atoms with Crippen LogP contribution in [0.2, 0.25) is 0 Å². The first-order valence-corrected chi connectivity index (χ1v) is 7.84. The molecule has 7 nitrogen and oxygen atoms in total. The number of H-pyrrole nitrogens is 1. The van der Waals surface area contributed by atoms with Crippen LogP contribution in [-0.4, -0.2) is 30.2 Å². The number of anilines is 1. The molecule has 0 atom stereocenters. The third kappa shape index (κ3) is 2.95. The normalized spacial score (nSPS) is 10.6. The number of carbonyl (C=O) groups excluding carboxylic acids is 1. The number of amides is 1. The second-order valence-corrected chi connectivity index (χ2v) is 5.70. The Bertz CT molecular complexity index is 1060. The number of ether oxygens (including phenoxy) is 2. The molecule has 0 spiro atoms. The van der Waals surface area contributed by atoms with Crippen LogP contribution in [-0.2, 0) is 0 Å². The molecule has 1 heterocycles. The number of aromatic hydroxyl groups is 1. The van der Waals surface area contributed by atoms with E-state index in [1.54, 1.807) is 12.1 Å². The van der Waals surface area contributed by atoms with E-state index in [0.717, 1.165) is 5.56 Å². The van der Waals surface area contributed by atoms with Crippen LogP contribution in [0, 0.1) is 6.92 Å². The first-order valence-electron chi connectivity index (χ1n) is 7.84. The van der Waals surface area contributed by atoms with Crippen LogP contribution in [0.15, 0.2) is 41.2 Å². The van der Waals surface area contributed by atoms with Gasteiger partial charge in [-0.2, -0.15) is 0 Å². The van der Waals surface area contributed by atoms with Gasteiger partial charge in [0.15, 0.2) is 11.5 Å². The summed E-state index contributed by atoms with van der Waals surface area (Å²) in [5.41, 5.74) is 0.659. The predicted octanol–water partition coefficient (Wildman–Crippen LogP) is 2.81. The number of pyridine rings is 1. The minimum absolute atomic E-state index is 0.275. The number of fused-ring (bicyclic) bond motifs is 1. The van der Waals surface area contributed by atoms with Crippen molar-refractivity contribution in [2.75, 3.05) is 19.5 Å². The lowest BCUT2D eigenvalue weighted by molar-refractivity contribution is 0.102. The molecule has 0 radical (unpaired) electrons. The maximum atomic E-state index is 12.6. The molecule has 26 heavy (non-hydrogen) atoms. The monoisotopic (exact) mass is 354 g/mol. The van der Waals surface area contributed by atoms with Gasteiger partial charge in [-0.1, -0.05) is 18.2 Å². The lowest BCUT2D eigenvalue weighted by atomic mass is 10.1. The van der Waals surface area contributed by atoms with Crippen molar-refractivity contribution >= 4 is 22.5 Å². The van der Waals surface area contributed by atoms with Gasteiger partial charge in [-0.25, -0.2) is 0 Å². The molecular formula is C19H18N2O5. The molecule has 0 unspecified atom stereocenters. The van der Waals surface area contributed by atoms with Crippen molar-refractivity contribution in [2.45, 2.75) is 6.92 Å². The van der Waals surface area contributed by atoms with Gasteiger partial charge in [0.05, 0.1) is 19.7 Å². The summed E-state index contributed by atoms with van der Waals surface area (Å²) in [5, 5.41) is 13.5. The molecule has 3 N–H and O–H groups in total. The highest BCUT2D eigenvalue weighted by molar-refractivity contribution is 6.09. The van der Waals surface area contributed by atoms with E-state index in [1.807, 2.05) is 19.1 Å². The molecule has 0 aliphatic heterocycles. The first kappa shape index (κ1) is 17.3. The lowest BCUT2D eigenvalue weighted by Crippen LogP contribution is -2.23. The van der Waals surface area contributed by atoms with Crippen molar-refractivity contribution in [3.63, 3.8) is 0 Å². The smallest absolute Gasteiger partial charge is 0.265 e. The second-order valence-electron chi connectivity index (χ2n) is 5.70. The number of methoxy groups -OCH3 is 2. The van der Waals surface area contributed by atoms with E-state index in [-0.39, 0.29) is 10.9 Å². The van der Waals surface area contributed by atoms with Crippen LogP contribution < -0.4 is 20.3 Å². The average molecular weight is 354 g/mol. The van der Waals surface area contributed by atoms with E-state index >= 15 is 0 Å². The molecule has 0 aliphatic carbocycles. The summed E-state index contributed by atoms with van der Waals surface area (Å²) in [6.07, 6.45) is 0. The summed E-state index contributed by atoms with van der Waals surface area (Å²) < 4.78 is 10.4. The largest absolute Gasteiger partial charge is 0.506 e. The lowest BCUT2D eigenvalue weighted by Gasteiger charge is -2.12. The van der Waals surface area contributed by atoms with Crippen LogP contribution in [0.25, 0.3) is 10.9 Å². The van der Waals surface area contributed by atoms with Crippen molar-refractivity contribution in [3.8, 4) is 17.2 Å². The van der Waals surface area contributed by atoms with Crippen LogP contribution in [0.3, 0.4) is 0 Å². The molecule has 3 aromatic rings. The van der Waals surface area contributed by atoms with Gasteiger partial charge in [-0.15, -0.1) is 0 Å². The second kappa shape index (κ2) is 6.79. The van der Waals surface area contributed by atoms with Crippen LogP contribution in [0.4, 0.5) is 5.69 Å². The van der Waals surface area contributed by atoms with E-state index in [0.29, 0.717) is 22.7 Å². The molecule has 0 fully saturated rings. The predicted molar refractivity (Wildman–Crippen MR) is 98.5 cm³/mol. The van der Waals surface area contributed by atoms with Gasteiger partial charge in [0, 0.05) is 17.1 Å². The third-order valence-electron chi connectivity index (χ3n) is 4.11. The summed E-state index contributed by atoms with van der Waals surface area (Å²) in [4.78, 5) is 27.6. The van der Waals surface area contributed by atoms with Crippen molar-refractivity contribution in [3.05, 3.63) is 57.9 Å². The number of nitrogens with one attached hydrogen (secondary N) is 2. The number of para-hydroxylation sites is 1. The number of aromatic nitrogens is 1. The number of aryl methyl sites for hydroxylation is 1. The topological polar surface area (TPSA) is 101 Å². The van der Waals surface area contributed by atoms with Crippen molar-refractivity contribution in [2.24, 2.45) is 0 Å². The fraction of sp³-hybridized carbons (Fsp3) is 0.158. The highest BCUT2D eigenvalue weighted by Crippen LogP contribution is 2.35. The van der Waals surface area contributed by atoms with E-state index < -0.39 is 17.2 Å². The number of carbonyl (C=O) groups is 1. The third-order valence-corrected chi connectivity index (χ3v) is 4.11. The Kier molecular flexibility index (Phi) is 4.53. The summed E-state index contributed by atoms with van der Waals surface area (Å²) in [6, 6.07) is 10.2. The van der Waals surface area contributed by atoms with Crippen LogP contribution in [0.1, 0.15) is 15.9 Å². The first-order chi connectivity index (χ1) is 12.5. The zero-order valence-corrected chi connectivity index (χ0v) is 14.5. The van der Waals surface area contributed by atoms with Gasteiger partial charge < -0.3 is 24.9 Å². The SMILES string of the molecule is COc1cc2[nH]c(=O)c(C(=O)Nc3ccccc3C)c(O)c2cc1OC. The molecule has 0 bridgehead atoms. The minimum Gasteiger partial charge on any atom is -0.506 e. The highest BCUT2D eigenvalue weighted by atomic mass is 16.5. The molecule has 0 saturated heterocycles. The maximum Gasteiger partial charge on any atom is 0.265 e. The minimum atomic E-state index is -0.701. The summed E-state index contributed by atoms with van der Waals surface area (Å²) in [5.74, 6) is -0.356. The average Bonchev–Trinajstić information content (AvgIpc) is 2.62. The fourth-order valence-electron chi connectivity index (χ4n) is 2.71. The Labute approximate surface area is 149 Å². The molecule has 1 aromatic heterocycles. The summed E-state index contributed by atoms with van der Waals surface area (Å²) in [7, 11) is 2.92. The number of aromatic amines is 1. The van der Waals surface area contributed by atoms with Gasteiger partial charge in [0.1, 0.15) is 11.3 Å². The Morgan fingerprint density at radius 1 is 1.12 bits per heavy atom. The van der Waals surface area contributed by atoms with Crippen molar-refractivity contribution in [1.82, 2.24) is 4.98 Å². The number of hydrogen-bond donors (Lipinski definition) is 3. The molecule has 3 rings (SSSR count).